The number of pyridine rings is 2. The third-order valence-electron chi connectivity index (χ3n) is 3.31. The van der Waals surface area contributed by atoms with Crippen molar-refractivity contribution in [3.63, 3.8) is 0 Å². The topological polar surface area (TPSA) is 48.6 Å². The zero-order valence-corrected chi connectivity index (χ0v) is 12.8. The maximum absolute atomic E-state index is 6.25. The molecule has 0 bridgehead atoms. The van der Waals surface area contributed by atoms with Crippen LogP contribution in [0.25, 0.3) is 16.3 Å². The molecule has 3 rings (SSSR count). The van der Waals surface area contributed by atoms with Crippen LogP contribution >= 0.6 is 0 Å². The molecule has 0 saturated heterocycles. The number of methoxy groups -OCH3 is 2. The van der Waals surface area contributed by atoms with E-state index in [4.69, 9.17) is 15.2 Å². The predicted octanol–water partition coefficient (Wildman–Crippen LogP) is -0.818. The summed E-state index contributed by atoms with van der Waals surface area (Å²) in [5, 5.41) is 1.90. The zero-order chi connectivity index (χ0) is 13.4. The van der Waals surface area contributed by atoms with E-state index in [1.165, 1.54) is 0 Å². The number of nitrogens with zero attached hydrogens (tertiary/aromatic N) is 1. The van der Waals surface area contributed by atoms with Crippen LogP contribution in [0.2, 0.25) is 0 Å². The number of nitrogens with two attached hydrogens (primary N) is 1. The Morgan fingerprint density at radius 3 is 2.50 bits per heavy atom. The van der Waals surface area contributed by atoms with Crippen molar-refractivity contribution < 1.29 is 30.9 Å². The van der Waals surface area contributed by atoms with Gasteiger partial charge < -0.3 is 32.2 Å². The summed E-state index contributed by atoms with van der Waals surface area (Å²) in [7, 11) is 3.26. The van der Waals surface area contributed by atoms with Crippen molar-refractivity contribution in [2.75, 3.05) is 20.0 Å². The van der Waals surface area contributed by atoms with Gasteiger partial charge in [0.15, 0.2) is 23.9 Å². The minimum absolute atomic E-state index is 0. The molecular weight excluding hydrogens is 320 g/mol. The second-order valence-electron chi connectivity index (χ2n) is 4.30. The summed E-state index contributed by atoms with van der Waals surface area (Å²) >= 11 is 0. The first-order valence-electron chi connectivity index (χ1n) is 5.99. The lowest BCUT2D eigenvalue weighted by Crippen LogP contribution is -3.00. The Morgan fingerprint density at radius 1 is 1.00 bits per heavy atom. The standard InChI is InChI=1S/C15H15N2O2.BrH/c1-18-13-7-6-10-11(15(13)19-2)9-17-8-4-3-5-12(17)14(10)16;/h3-9H,16H2,1-2H3;1H/q+1;/p-1. The lowest BCUT2D eigenvalue weighted by molar-refractivity contribution is -0.509. The second-order valence-corrected chi connectivity index (χ2v) is 4.30. The molecule has 5 heteroatoms. The Kier molecular flexibility index (Phi) is 3.99. The van der Waals surface area contributed by atoms with E-state index in [0.717, 1.165) is 22.0 Å². The van der Waals surface area contributed by atoms with Crippen molar-refractivity contribution in [1.82, 2.24) is 0 Å². The molecule has 0 atom stereocenters. The number of benzene rings is 1. The van der Waals surface area contributed by atoms with Crippen LogP contribution in [0.5, 0.6) is 11.5 Å². The van der Waals surface area contributed by atoms with Crippen LogP contribution in [-0.2, 0) is 0 Å². The van der Waals surface area contributed by atoms with Gasteiger partial charge in [0, 0.05) is 17.5 Å². The summed E-state index contributed by atoms with van der Waals surface area (Å²) in [5.74, 6) is 1.40. The van der Waals surface area contributed by atoms with Gasteiger partial charge in [-0.15, -0.1) is 0 Å². The molecule has 104 valence electrons. The minimum atomic E-state index is 0. The fourth-order valence-electron chi connectivity index (χ4n) is 2.39. The molecule has 0 aliphatic heterocycles. The zero-order valence-electron chi connectivity index (χ0n) is 11.3. The molecule has 4 nitrogen and oxygen atoms in total. The Bertz CT molecular complexity index is 775. The van der Waals surface area contributed by atoms with E-state index in [2.05, 4.69) is 0 Å². The lowest BCUT2D eigenvalue weighted by atomic mass is 10.1. The first-order chi connectivity index (χ1) is 9.26. The van der Waals surface area contributed by atoms with Gasteiger partial charge in [-0.25, -0.2) is 0 Å². The van der Waals surface area contributed by atoms with Crippen molar-refractivity contribution in [1.29, 1.82) is 0 Å². The molecule has 0 aliphatic carbocycles. The van der Waals surface area contributed by atoms with Gasteiger partial charge in [-0.2, -0.15) is 4.40 Å². The number of anilines is 1. The summed E-state index contributed by atoms with van der Waals surface area (Å²) < 4.78 is 12.8. The van der Waals surface area contributed by atoms with Crippen LogP contribution in [0.3, 0.4) is 0 Å². The molecule has 20 heavy (non-hydrogen) atoms. The number of rotatable bonds is 2. The normalized spacial score (nSPS) is 10.3. The Labute approximate surface area is 127 Å². The van der Waals surface area contributed by atoms with Gasteiger partial charge in [-0.05, 0) is 18.2 Å². The molecule has 0 unspecified atom stereocenters. The van der Waals surface area contributed by atoms with Crippen LogP contribution in [0, 0.1) is 0 Å². The monoisotopic (exact) mass is 334 g/mol. The minimum Gasteiger partial charge on any atom is -1.00 e. The molecular formula is C15H15BrN2O2. The Hall–Kier alpha value is -2.01. The van der Waals surface area contributed by atoms with Crippen molar-refractivity contribution in [2.45, 2.75) is 0 Å². The van der Waals surface area contributed by atoms with Crippen LogP contribution in [0.1, 0.15) is 0 Å². The first kappa shape index (κ1) is 14.4. The average Bonchev–Trinajstić information content (AvgIpc) is 2.46. The molecule has 2 aromatic heterocycles. The summed E-state index contributed by atoms with van der Waals surface area (Å²) in [4.78, 5) is 0. The van der Waals surface area contributed by atoms with Gasteiger partial charge in [-0.1, -0.05) is 0 Å². The van der Waals surface area contributed by atoms with Gasteiger partial charge in [-0.3, -0.25) is 0 Å². The van der Waals surface area contributed by atoms with E-state index in [1.54, 1.807) is 14.2 Å². The number of aromatic nitrogens is 1. The molecule has 2 N–H and O–H groups in total. The number of nitrogen functional groups attached to an aromatic ring is 1. The number of fused-ring (bicyclic) bond motifs is 2. The molecule has 0 spiro atoms. The molecule has 0 saturated carbocycles. The van der Waals surface area contributed by atoms with Gasteiger partial charge in [0.05, 0.1) is 19.6 Å². The van der Waals surface area contributed by atoms with Crippen molar-refractivity contribution >= 4 is 22.0 Å². The first-order valence-corrected chi connectivity index (χ1v) is 5.99. The fraction of sp³-hybridized carbons (Fsp3) is 0.133. The molecule has 1 aromatic carbocycles. The van der Waals surface area contributed by atoms with Crippen LogP contribution in [0.15, 0.2) is 42.7 Å². The quantitative estimate of drug-likeness (QED) is 0.492. The third kappa shape index (κ3) is 2.04. The highest BCUT2D eigenvalue weighted by Crippen LogP contribution is 2.37. The average molecular weight is 335 g/mol. The maximum Gasteiger partial charge on any atom is 0.234 e. The Balaban J connectivity index is 0.00000147. The molecule has 0 amide bonds. The number of halogens is 1. The molecule has 0 radical (unpaired) electrons. The number of hydrogen-bond acceptors (Lipinski definition) is 3. The van der Waals surface area contributed by atoms with Crippen molar-refractivity contribution in [3.05, 3.63) is 42.7 Å². The van der Waals surface area contributed by atoms with E-state index in [-0.39, 0.29) is 17.0 Å². The summed E-state index contributed by atoms with van der Waals surface area (Å²) in [6.45, 7) is 0. The van der Waals surface area contributed by atoms with Crippen molar-refractivity contribution in [2.24, 2.45) is 0 Å². The van der Waals surface area contributed by atoms with Crippen LogP contribution in [0.4, 0.5) is 5.69 Å². The number of hydrogen-bond donors (Lipinski definition) is 1. The summed E-state index contributed by atoms with van der Waals surface area (Å²) in [6, 6.07) is 9.75. The third-order valence-corrected chi connectivity index (χ3v) is 3.31. The summed E-state index contributed by atoms with van der Waals surface area (Å²) in [6.07, 6.45) is 3.96. The lowest BCUT2D eigenvalue weighted by Gasteiger charge is -2.10. The van der Waals surface area contributed by atoms with E-state index in [1.807, 2.05) is 47.1 Å². The SMILES string of the molecule is COc1ccc2c(N)c3cccc[n+]3cc2c1OC.[Br-]. The van der Waals surface area contributed by atoms with E-state index in [0.29, 0.717) is 11.5 Å². The molecule has 3 aromatic rings. The number of ether oxygens (including phenoxy) is 2. The van der Waals surface area contributed by atoms with Crippen LogP contribution < -0.4 is 36.6 Å². The van der Waals surface area contributed by atoms with Gasteiger partial charge >= 0.3 is 0 Å². The van der Waals surface area contributed by atoms with Crippen molar-refractivity contribution in [3.8, 4) is 11.5 Å². The van der Waals surface area contributed by atoms with E-state index in [9.17, 15) is 0 Å². The Morgan fingerprint density at radius 2 is 1.80 bits per heavy atom. The maximum atomic E-state index is 6.25. The highest BCUT2D eigenvalue weighted by atomic mass is 79.9. The molecule has 0 aliphatic rings. The van der Waals surface area contributed by atoms with E-state index < -0.39 is 0 Å². The van der Waals surface area contributed by atoms with Gasteiger partial charge in [0.1, 0.15) is 5.69 Å². The fourth-order valence-corrected chi connectivity index (χ4v) is 2.39. The smallest absolute Gasteiger partial charge is 0.234 e. The molecule has 2 heterocycles. The predicted molar refractivity (Wildman–Crippen MR) is 74.6 cm³/mol. The highest BCUT2D eigenvalue weighted by molar-refractivity contribution is 6.01. The van der Waals surface area contributed by atoms with E-state index >= 15 is 0 Å². The van der Waals surface area contributed by atoms with Crippen LogP contribution in [-0.4, -0.2) is 14.2 Å². The van der Waals surface area contributed by atoms with Gasteiger partial charge in [0.25, 0.3) is 0 Å². The second kappa shape index (κ2) is 5.54. The highest BCUT2D eigenvalue weighted by Gasteiger charge is 2.17. The largest absolute Gasteiger partial charge is 1.00 e. The van der Waals surface area contributed by atoms with Gasteiger partial charge in [0.2, 0.25) is 5.52 Å². The summed E-state index contributed by atoms with van der Waals surface area (Å²) in [5.41, 5.74) is 7.96. The molecule has 0 fully saturated rings.